The van der Waals surface area contributed by atoms with Gasteiger partial charge in [0.2, 0.25) is 0 Å². The minimum atomic E-state index is 0.580. The van der Waals surface area contributed by atoms with Gasteiger partial charge in [0.25, 0.3) is 0 Å². The summed E-state index contributed by atoms with van der Waals surface area (Å²) in [5.74, 6) is 0.933. The summed E-state index contributed by atoms with van der Waals surface area (Å²) >= 11 is 0. The zero-order chi connectivity index (χ0) is 15.6. The number of rotatable bonds is 9. The predicted octanol–water partition coefficient (Wildman–Crippen LogP) is 3.35. The van der Waals surface area contributed by atoms with Gasteiger partial charge in [-0.15, -0.1) is 0 Å². The van der Waals surface area contributed by atoms with Crippen LogP contribution in [0.5, 0.6) is 5.75 Å². The number of ether oxygens (including phenoxy) is 2. The Morgan fingerprint density at radius 2 is 1.64 bits per heavy atom. The summed E-state index contributed by atoms with van der Waals surface area (Å²) in [7, 11) is 1.68. The van der Waals surface area contributed by atoms with Crippen molar-refractivity contribution in [2.45, 2.75) is 19.9 Å². The van der Waals surface area contributed by atoms with E-state index in [4.69, 9.17) is 9.47 Å². The molecule has 0 aliphatic rings. The fourth-order valence-electron chi connectivity index (χ4n) is 2.36. The van der Waals surface area contributed by atoms with E-state index >= 15 is 0 Å². The molecule has 0 unspecified atom stereocenters. The van der Waals surface area contributed by atoms with Gasteiger partial charge in [-0.2, -0.15) is 0 Å². The number of hydrogen-bond donors (Lipinski definition) is 1. The maximum Gasteiger partial charge on any atom is 0.123 e. The van der Waals surface area contributed by atoms with Crippen LogP contribution >= 0.6 is 0 Å². The van der Waals surface area contributed by atoms with Crippen LogP contribution < -0.4 is 10.1 Å². The van der Waals surface area contributed by atoms with E-state index in [0.717, 1.165) is 25.3 Å². The molecule has 0 atom stereocenters. The van der Waals surface area contributed by atoms with Crippen molar-refractivity contribution < 1.29 is 9.47 Å². The van der Waals surface area contributed by atoms with E-state index in [9.17, 15) is 0 Å². The predicted molar refractivity (Wildman–Crippen MR) is 90.4 cm³/mol. The quantitative estimate of drug-likeness (QED) is 0.720. The van der Waals surface area contributed by atoms with Crippen LogP contribution in [0, 0.1) is 6.92 Å². The Labute approximate surface area is 133 Å². The summed E-state index contributed by atoms with van der Waals surface area (Å²) in [6.07, 6.45) is 1.04. The molecule has 0 fully saturated rings. The van der Waals surface area contributed by atoms with Crippen LogP contribution in [-0.2, 0) is 17.7 Å². The van der Waals surface area contributed by atoms with Crippen molar-refractivity contribution in [1.29, 1.82) is 0 Å². The molecule has 0 aliphatic heterocycles. The largest absolute Gasteiger partial charge is 0.491 e. The third-order valence-corrected chi connectivity index (χ3v) is 3.67. The smallest absolute Gasteiger partial charge is 0.123 e. The highest BCUT2D eigenvalue weighted by atomic mass is 16.5. The molecule has 0 saturated carbocycles. The maximum absolute atomic E-state index is 5.75. The third kappa shape index (κ3) is 5.17. The first kappa shape index (κ1) is 16.5. The zero-order valence-electron chi connectivity index (χ0n) is 13.5. The molecule has 22 heavy (non-hydrogen) atoms. The van der Waals surface area contributed by atoms with Crippen LogP contribution in [0.1, 0.15) is 16.7 Å². The lowest BCUT2D eigenvalue weighted by Crippen LogP contribution is -2.18. The van der Waals surface area contributed by atoms with Gasteiger partial charge in [0.1, 0.15) is 12.4 Å². The standard InChI is InChI=1S/C19H25NO2/c1-16-7-3-4-8-17(16)11-12-20-15-18-9-5-6-10-19(18)22-14-13-21-2/h3-10,20H,11-15H2,1-2H3. The number of benzene rings is 2. The van der Waals surface area contributed by atoms with Gasteiger partial charge < -0.3 is 14.8 Å². The Morgan fingerprint density at radius 3 is 2.41 bits per heavy atom. The Kier molecular flexibility index (Phi) is 6.94. The van der Waals surface area contributed by atoms with Crippen LogP contribution in [0.3, 0.4) is 0 Å². The lowest BCUT2D eigenvalue weighted by molar-refractivity contribution is 0.145. The fraction of sp³-hybridized carbons (Fsp3) is 0.368. The summed E-state index contributed by atoms with van der Waals surface area (Å²) in [6, 6.07) is 16.7. The molecule has 0 spiro atoms. The zero-order valence-corrected chi connectivity index (χ0v) is 13.5. The van der Waals surface area contributed by atoms with E-state index in [1.54, 1.807) is 7.11 Å². The second-order valence-electron chi connectivity index (χ2n) is 5.30. The van der Waals surface area contributed by atoms with E-state index in [-0.39, 0.29) is 0 Å². The Bertz CT molecular complexity index is 569. The van der Waals surface area contributed by atoms with Gasteiger partial charge in [-0.05, 0) is 37.1 Å². The molecule has 0 aliphatic carbocycles. The number of hydrogen-bond acceptors (Lipinski definition) is 3. The summed E-state index contributed by atoms with van der Waals surface area (Å²) < 4.78 is 10.8. The summed E-state index contributed by atoms with van der Waals surface area (Å²) in [6.45, 7) is 5.12. The highest BCUT2D eigenvalue weighted by Gasteiger charge is 2.03. The highest BCUT2D eigenvalue weighted by molar-refractivity contribution is 5.33. The lowest BCUT2D eigenvalue weighted by Gasteiger charge is -2.12. The molecular weight excluding hydrogens is 274 g/mol. The molecule has 0 heterocycles. The highest BCUT2D eigenvalue weighted by Crippen LogP contribution is 2.17. The Balaban J connectivity index is 1.80. The maximum atomic E-state index is 5.75. The van der Waals surface area contributed by atoms with Crippen LogP contribution in [0.15, 0.2) is 48.5 Å². The molecule has 1 N–H and O–H groups in total. The molecule has 0 radical (unpaired) electrons. The number of para-hydroxylation sites is 1. The van der Waals surface area contributed by atoms with E-state index in [1.807, 2.05) is 18.2 Å². The van der Waals surface area contributed by atoms with E-state index in [0.29, 0.717) is 13.2 Å². The van der Waals surface area contributed by atoms with E-state index in [2.05, 4.69) is 42.6 Å². The number of methoxy groups -OCH3 is 1. The summed E-state index contributed by atoms with van der Waals surface area (Å²) in [4.78, 5) is 0. The minimum Gasteiger partial charge on any atom is -0.491 e. The monoisotopic (exact) mass is 299 g/mol. The average molecular weight is 299 g/mol. The molecule has 0 amide bonds. The van der Waals surface area contributed by atoms with E-state index in [1.165, 1.54) is 16.7 Å². The van der Waals surface area contributed by atoms with Gasteiger partial charge in [0.15, 0.2) is 0 Å². The SMILES string of the molecule is COCCOc1ccccc1CNCCc1ccccc1C. The average Bonchev–Trinajstić information content (AvgIpc) is 2.54. The molecule has 3 heteroatoms. The van der Waals surface area contributed by atoms with Crippen molar-refractivity contribution in [1.82, 2.24) is 5.32 Å². The van der Waals surface area contributed by atoms with Crippen LogP contribution in [-0.4, -0.2) is 26.9 Å². The third-order valence-electron chi connectivity index (χ3n) is 3.67. The molecule has 0 aromatic heterocycles. The van der Waals surface area contributed by atoms with Gasteiger partial charge in [0.05, 0.1) is 6.61 Å². The second kappa shape index (κ2) is 9.23. The first-order valence-electron chi connectivity index (χ1n) is 7.76. The van der Waals surface area contributed by atoms with Crippen LogP contribution in [0.25, 0.3) is 0 Å². The number of aryl methyl sites for hydroxylation is 1. The molecule has 2 rings (SSSR count). The summed E-state index contributed by atoms with van der Waals surface area (Å²) in [5, 5.41) is 3.50. The fourth-order valence-corrected chi connectivity index (χ4v) is 2.36. The molecule has 3 nitrogen and oxygen atoms in total. The van der Waals surface area contributed by atoms with Crippen LogP contribution in [0.4, 0.5) is 0 Å². The van der Waals surface area contributed by atoms with Gasteiger partial charge in [-0.25, -0.2) is 0 Å². The minimum absolute atomic E-state index is 0.580. The van der Waals surface area contributed by atoms with Crippen molar-refractivity contribution in [3.8, 4) is 5.75 Å². The second-order valence-corrected chi connectivity index (χ2v) is 5.30. The van der Waals surface area contributed by atoms with Crippen molar-refractivity contribution >= 4 is 0 Å². The van der Waals surface area contributed by atoms with Gasteiger partial charge in [-0.1, -0.05) is 42.5 Å². The van der Waals surface area contributed by atoms with Crippen molar-refractivity contribution in [3.05, 3.63) is 65.2 Å². The van der Waals surface area contributed by atoms with Crippen molar-refractivity contribution in [3.63, 3.8) is 0 Å². The Morgan fingerprint density at radius 1 is 0.909 bits per heavy atom. The van der Waals surface area contributed by atoms with Gasteiger partial charge in [0, 0.05) is 19.2 Å². The van der Waals surface area contributed by atoms with Gasteiger partial charge >= 0.3 is 0 Å². The lowest BCUT2D eigenvalue weighted by atomic mass is 10.1. The van der Waals surface area contributed by atoms with Crippen molar-refractivity contribution in [2.24, 2.45) is 0 Å². The van der Waals surface area contributed by atoms with Crippen LogP contribution in [0.2, 0.25) is 0 Å². The number of nitrogens with one attached hydrogen (secondary N) is 1. The van der Waals surface area contributed by atoms with E-state index < -0.39 is 0 Å². The summed E-state index contributed by atoms with van der Waals surface area (Å²) in [5.41, 5.74) is 3.94. The molecular formula is C19H25NO2. The molecule has 2 aromatic rings. The molecule has 118 valence electrons. The molecule has 2 aromatic carbocycles. The molecule has 0 saturated heterocycles. The first-order valence-corrected chi connectivity index (χ1v) is 7.76. The topological polar surface area (TPSA) is 30.5 Å². The first-order chi connectivity index (χ1) is 10.8. The normalized spacial score (nSPS) is 10.6. The van der Waals surface area contributed by atoms with Crippen molar-refractivity contribution in [2.75, 3.05) is 26.9 Å². The molecule has 0 bridgehead atoms. The Hall–Kier alpha value is -1.84. The van der Waals surface area contributed by atoms with Gasteiger partial charge in [-0.3, -0.25) is 0 Å².